The maximum Gasteiger partial charge on any atom is 0.234 e. The maximum atomic E-state index is 11.7. The van der Waals surface area contributed by atoms with Gasteiger partial charge in [0.05, 0.1) is 26.6 Å². The Labute approximate surface area is 117 Å². The van der Waals surface area contributed by atoms with Crippen LogP contribution in [0.4, 0.5) is 5.69 Å². The molecule has 0 aromatic heterocycles. The van der Waals surface area contributed by atoms with Gasteiger partial charge in [0.15, 0.2) is 0 Å². The van der Waals surface area contributed by atoms with E-state index < -0.39 is 0 Å². The van der Waals surface area contributed by atoms with Crippen molar-refractivity contribution in [2.75, 3.05) is 44.8 Å². The molecule has 0 saturated carbocycles. The van der Waals surface area contributed by atoms with E-state index in [1.165, 1.54) is 11.8 Å². The molecule has 0 aliphatic carbocycles. The van der Waals surface area contributed by atoms with Crippen molar-refractivity contribution in [3.63, 3.8) is 0 Å². The Morgan fingerprint density at radius 3 is 2.32 bits per heavy atom. The number of hydrogen-bond donors (Lipinski definition) is 1. The van der Waals surface area contributed by atoms with Crippen LogP contribution >= 0.6 is 11.8 Å². The fourth-order valence-corrected chi connectivity index (χ4v) is 2.07. The molecule has 0 atom stereocenters. The normalized spacial score (nSPS) is 10.1. The molecule has 0 radical (unpaired) electrons. The molecule has 0 aliphatic rings. The highest BCUT2D eigenvalue weighted by atomic mass is 32.2. The van der Waals surface area contributed by atoms with Gasteiger partial charge in [0.25, 0.3) is 0 Å². The first-order valence-electron chi connectivity index (χ1n) is 5.79. The molecular weight excluding hydrogens is 266 g/mol. The summed E-state index contributed by atoms with van der Waals surface area (Å²) in [5.41, 5.74) is 0.661. The smallest absolute Gasteiger partial charge is 0.234 e. The van der Waals surface area contributed by atoms with Crippen molar-refractivity contribution in [2.45, 2.75) is 0 Å². The van der Waals surface area contributed by atoms with Gasteiger partial charge in [-0.2, -0.15) is 0 Å². The molecule has 0 bridgehead atoms. The standard InChI is InChI=1S/C13H19NO4S/c1-16-4-5-19-9-13(15)14-10-6-11(17-2)8-12(7-10)18-3/h6-8H,4-5,9H2,1-3H3,(H,14,15). The summed E-state index contributed by atoms with van der Waals surface area (Å²) in [5.74, 6) is 2.41. The van der Waals surface area contributed by atoms with Crippen LogP contribution in [0, 0.1) is 0 Å². The predicted molar refractivity (Wildman–Crippen MR) is 77.4 cm³/mol. The van der Waals surface area contributed by atoms with Crippen LogP contribution in [0.15, 0.2) is 18.2 Å². The van der Waals surface area contributed by atoms with E-state index in [0.717, 1.165) is 5.75 Å². The minimum absolute atomic E-state index is 0.0589. The number of thioether (sulfide) groups is 1. The summed E-state index contributed by atoms with van der Waals surface area (Å²) in [7, 11) is 4.78. The summed E-state index contributed by atoms with van der Waals surface area (Å²) in [6, 6.07) is 5.25. The number of nitrogens with one attached hydrogen (secondary N) is 1. The SMILES string of the molecule is COCCSCC(=O)Nc1cc(OC)cc(OC)c1. The lowest BCUT2D eigenvalue weighted by Crippen LogP contribution is -2.15. The highest BCUT2D eigenvalue weighted by Crippen LogP contribution is 2.25. The van der Waals surface area contributed by atoms with E-state index >= 15 is 0 Å². The van der Waals surface area contributed by atoms with E-state index in [4.69, 9.17) is 14.2 Å². The third kappa shape index (κ3) is 5.85. The number of benzene rings is 1. The largest absolute Gasteiger partial charge is 0.497 e. The predicted octanol–water partition coefficient (Wildman–Crippen LogP) is 2.02. The Morgan fingerprint density at radius 2 is 1.79 bits per heavy atom. The van der Waals surface area contributed by atoms with Crippen molar-refractivity contribution in [3.05, 3.63) is 18.2 Å². The van der Waals surface area contributed by atoms with E-state index in [-0.39, 0.29) is 5.91 Å². The van der Waals surface area contributed by atoms with E-state index in [2.05, 4.69) is 5.32 Å². The van der Waals surface area contributed by atoms with E-state index in [9.17, 15) is 4.79 Å². The summed E-state index contributed by atoms with van der Waals surface area (Å²) in [4.78, 5) is 11.7. The molecule has 1 rings (SSSR count). The molecule has 1 N–H and O–H groups in total. The monoisotopic (exact) mass is 285 g/mol. The summed E-state index contributed by atoms with van der Waals surface area (Å²) in [6.45, 7) is 0.644. The minimum atomic E-state index is -0.0589. The molecule has 0 spiro atoms. The average molecular weight is 285 g/mol. The first-order valence-corrected chi connectivity index (χ1v) is 6.94. The quantitative estimate of drug-likeness (QED) is 0.741. The van der Waals surface area contributed by atoms with Crippen molar-refractivity contribution in [2.24, 2.45) is 0 Å². The molecule has 1 aromatic rings. The summed E-state index contributed by atoms with van der Waals surface area (Å²) in [6.07, 6.45) is 0. The zero-order valence-electron chi connectivity index (χ0n) is 11.4. The van der Waals surface area contributed by atoms with Gasteiger partial charge in [-0.3, -0.25) is 4.79 Å². The molecular formula is C13H19NO4S. The van der Waals surface area contributed by atoms with Crippen LogP contribution in [-0.2, 0) is 9.53 Å². The van der Waals surface area contributed by atoms with Crippen LogP contribution in [0.1, 0.15) is 0 Å². The second-order valence-electron chi connectivity index (χ2n) is 3.69. The topological polar surface area (TPSA) is 56.8 Å². The molecule has 106 valence electrons. The fraction of sp³-hybridized carbons (Fsp3) is 0.462. The molecule has 1 aromatic carbocycles. The number of hydrogen-bond acceptors (Lipinski definition) is 5. The molecule has 0 heterocycles. The second kappa shape index (κ2) is 8.66. The molecule has 0 saturated heterocycles. The van der Waals surface area contributed by atoms with Gasteiger partial charge in [-0.25, -0.2) is 0 Å². The van der Waals surface area contributed by atoms with Crippen molar-refractivity contribution >= 4 is 23.4 Å². The van der Waals surface area contributed by atoms with Crippen LogP contribution in [0.5, 0.6) is 11.5 Å². The van der Waals surface area contributed by atoms with Crippen molar-refractivity contribution in [3.8, 4) is 11.5 Å². The van der Waals surface area contributed by atoms with Gasteiger partial charge >= 0.3 is 0 Å². The number of amides is 1. The Bertz CT molecular complexity index is 389. The molecule has 19 heavy (non-hydrogen) atoms. The lowest BCUT2D eigenvalue weighted by Gasteiger charge is -2.09. The van der Waals surface area contributed by atoms with Crippen molar-refractivity contribution < 1.29 is 19.0 Å². The van der Waals surface area contributed by atoms with Gasteiger partial charge in [-0.1, -0.05) is 0 Å². The highest BCUT2D eigenvalue weighted by Gasteiger charge is 2.06. The summed E-state index contributed by atoms with van der Waals surface area (Å²) < 4.78 is 15.2. The van der Waals surface area contributed by atoms with E-state index in [1.54, 1.807) is 39.5 Å². The Morgan fingerprint density at radius 1 is 1.16 bits per heavy atom. The zero-order chi connectivity index (χ0) is 14.1. The molecule has 6 heteroatoms. The molecule has 0 aliphatic heterocycles. The van der Waals surface area contributed by atoms with Gasteiger partial charge in [0.1, 0.15) is 11.5 Å². The highest BCUT2D eigenvalue weighted by molar-refractivity contribution is 7.99. The number of methoxy groups -OCH3 is 3. The molecule has 0 fully saturated rings. The summed E-state index contributed by atoms with van der Waals surface area (Å²) >= 11 is 1.53. The van der Waals surface area contributed by atoms with Gasteiger partial charge in [-0.15, -0.1) is 11.8 Å². The molecule has 0 unspecified atom stereocenters. The molecule has 5 nitrogen and oxygen atoms in total. The first kappa shape index (κ1) is 15.7. The van der Waals surface area contributed by atoms with E-state index in [0.29, 0.717) is 29.5 Å². The number of carbonyl (C=O) groups excluding carboxylic acids is 1. The van der Waals surface area contributed by atoms with Crippen LogP contribution < -0.4 is 14.8 Å². The Kier molecular flexibility index (Phi) is 7.14. The first-order chi connectivity index (χ1) is 9.19. The molecule has 1 amide bonds. The number of rotatable bonds is 8. The second-order valence-corrected chi connectivity index (χ2v) is 4.80. The Balaban J connectivity index is 2.53. The minimum Gasteiger partial charge on any atom is -0.497 e. The average Bonchev–Trinajstić information content (AvgIpc) is 2.43. The van der Waals surface area contributed by atoms with Crippen LogP contribution in [0.3, 0.4) is 0 Å². The fourth-order valence-electron chi connectivity index (χ4n) is 1.38. The van der Waals surface area contributed by atoms with Gasteiger partial charge < -0.3 is 19.5 Å². The Hall–Kier alpha value is -1.40. The van der Waals surface area contributed by atoms with Crippen molar-refractivity contribution in [1.82, 2.24) is 0 Å². The summed E-state index contributed by atoms with van der Waals surface area (Å²) in [5, 5.41) is 2.81. The third-order valence-electron chi connectivity index (χ3n) is 2.30. The lowest BCUT2D eigenvalue weighted by molar-refractivity contribution is -0.113. The lowest BCUT2D eigenvalue weighted by atomic mass is 10.2. The number of ether oxygens (including phenoxy) is 3. The van der Waals surface area contributed by atoms with E-state index in [1.807, 2.05) is 0 Å². The third-order valence-corrected chi connectivity index (χ3v) is 3.22. The van der Waals surface area contributed by atoms with Crippen LogP contribution in [0.2, 0.25) is 0 Å². The van der Waals surface area contributed by atoms with Gasteiger partial charge in [-0.05, 0) is 0 Å². The number of carbonyl (C=O) groups is 1. The van der Waals surface area contributed by atoms with Gasteiger partial charge in [0.2, 0.25) is 5.91 Å². The number of anilines is 1. The van der Waals surface area contributed by atoms with Gasteiger partial charge in [0, 0.05) is 36.7 Å². The maximum absolute atomic E-state index is 11.7. The van der Waals surface area contributed by atoms with Crippen molar-refractivity contribution in [1.29, 1.82) is 0 Å². The van der Waals surface area contributed by atoms with Crippen LogP contribution in [0.25, 0.3) is 0 Å². The zero-order valence-corrected chi connectivity index (χ0v) is 12.2. The van der Waals surface area contributed by atoms with Crippen LogP contribution in [-0.4, -0.2) is 45.3 Å².